The molecule has 2 heterocycles. The molecule has 3 rings (SSSR count). The molecule has 24 heavy (non-hydrogen) atoms. The summed E-state index contributed by atoms with van der Waals surface area (Å²) in [6.07, 6.45) is 0.934. The topological polar surface area (TPSA) is 67.9 Å². The average molecular weight is 337 g/mol. The summed E-state index contributed by atoms with van der Waals surface area (Å²) in [7, 11) is 3.90. The SMILES string of the molecule is CCN1C(=O)C2(C)CC23CN(C)CN(CC(=O)NCNC)C3C1C. The highest BCUT2D eigenvalue weighted by molar-refractivity contribution is 5.89. The number of likely N-dealkylation sites (N-methyl/N-ethyl adjacent to an activating group) is 1. The Labute approximate surface area is 144 Å². The van der Waals surface area contributed by atoms with Crippen LogP contribution in [-0.2, 0) is 9.59 Å². The second-order valence-corrected chi connectivity index (χ2v) is 7.97. The van der Waals surface area contributed by atoms with Crippen LogP contribution in [0.3, 0.4) is 0 Å². The molecule has 7 nitrogen and oxygen atoms in total. The minimum absolute atomic E-state index is 0.00848. The van der Waals surface area contributed by atoms with E-state index >= 15 is 0 Å². The molecule has 2 aliphatic heterocycles. The first-order chi connectivity index (χ1) is 11.3. The van der Waals surface area contributed by atoms with E-state index in [4.69, 9.17) is 0 Å². The van der Waals surface area contributed by atoms with Crippen LogP contribution in [0.25, 0.3) is 0 Å². The Morgan fingerprint density at radius 3 is 2.75 bits per heavy atom. The minimum atomic E-state index is -0.269. The summed E-state index contributed by atoms with van der Waals surface area (Å²) in [5, 5.41) is 5.82. The maximum atomic E-state index is 13.0. The van der Waals surface area contributed by atoms with E-state index in [1.807, 2.05) is 18.9 Å². The number of nitrogens with one attached hydrogen (secondary N) is 2. The predicted molar refractivity (Wildman–Crippen MR) is 92.1 cm³/mol. The molecule has 0 aromatic heterocycles. The summed E-state index contributed by atoms with van der Waals surface area (Å²) in [5.41, 5.74) is -0.278. The van der Waals surface area contributed by atoms with Gasteiger partial charge in [0.1, 0.15) is 0 Å². The molecule has 0 bridgehead atoms. The van der Waals surface area contributed by atoms with Crippen molar-refractivity contribution in [3.8, 4) is 0 Å². The number of hydrogen-bond donors (Lipinski definition) is 2. The van der Waals surface area contributed by atoms with Crippen LogP contribution in [0.4, 0.5) is 0 Å². The zero-order valence-electron chi connectivity index (χ0n) is 15.6. The van der Waals surface area contributed by atoms with Crippen LogP contribution in [0.1, 0.15) is 27.2 Å². The monoisotopic (exact) mass is 337 g/mol. The Kier molecular flexibility index (Phi) is 4.38. The lowest BCUT2D eigenvalue weighted by molar-refractivity contribution is -0.156. The van der Waals surface area contributed by atoms with E-state index in [2.05, 4.69) is 41.3 Å². The van der Waals surface area contributed by atoms with E-state index in [-0.39, 0.29) is 28.8 Å². The van der Waals surface area contributed by atoms with Crippen molar-refractivity contribution in [2.24, 2.45) is 10.8 Å². The quantitative estimate of drug-likeness (QED) is 0.662. The molecule has 2 saturated heterocycles. The standard InChI is InChI=1S/C17H31N5O2/c1-6-22-12(2)14-17(8-16(17,3)15(22)24)9-20(5)11-21(14)7-13(23)19-10-18-4/h12,14,18H,6-11H2,1-5H3,(H,19,23). The number of likely N-dealkylation sites (tertiary alicyclic amines) is 1. The summed E-state index contributed by atoms with van der Waals surface area (Å²) >= 11 is 0. The summed E-state index contributed by atoms with van der Waals surface area (Å²) in [4.78, 5) is 31.8. The number of amides is 2. The Morgan fingerprint density at radius 2 is 2.12 bits per heavy atom. The average Bonchev–Trinajstić information content (AvgIpc) is 3.10. The van der Waals surface area contributed by atoms with Crippen molar-refractivity contribution in [3.05, 3.63) is 0 Å². The predicted octanol–water partition coefficient (Wildman–Crippen LogP) is -0.500. The van der Waals surface area contributed by atoms with Crippen LogP contribution in [0.5, 0.6) is 0 Å². The van der Waals surface area contributed by atoms with E-state index in [1.54, 1.807) is 0 Å². The molecule has 4 unspecified atom stereocenters. The first kappa shape index (κ1) is 17.6. The summed E-state index contributed by atoms with van der Waals surface area (Å²) in [6, 6.07) is 0.389. The molecule has 136 valence electrons. The fraction of sp³-hybridized carbons (Fsp3) is 0.882. The highest BCUT2D eigenvalue weighted by Crippen LogP contribution is 2.71. The fourth-order valence-corrected chi connectivity index (χ4v) is 5.36. The summed E-state index contributed by atoms with van der Waals surface area (Å²) < 4.78 is 0. The Hall–Kier alpha value is -1.18. The number of piperidine rings is 1. The molecular formula is C17H31N5O2. The van der Waals surface area contributed by atoms with Gasteiger partial charge in [-0.25, -0.2) is 0 Å². The zero-order chi connectivity index (χ0) is 17.7. The van der Waals surface area contributed by atoms with Gasteiger partial charge in [0.15, 0.2) is 0 Å². The van der Waals surface area contributed by atoms with Crippen molar-refractivity contribution in [1.29, 1.82) is 0 Å². The van der Waals surface area contributed by atoms with Crippen molar-refractivity contribution in [2.45, 2.75) is 39.3 Å². The molecule has 1 spiro atoms. The molecule has 0 aromatic carbocycles. The first-order valence-electron chi connectivity index (χ1n) is 8.95. The van der Waals surface area contributed by atoms with Gasteiger partial charge in [-0.2, -0.15) is 0 Å². The van der Waals surface area contributed by atoms with Crippen molar-refractivity contribution in [2.75, 3.05) is 47.1 Å². The number of rotatable bonds is 5. The third-order valence-corrected chi connectivity index (χ3v) is 6.41. The molecule has 2 amide bonds. The van der Waals surface area contributed by atoms with Gasteiger partial charge in [-0.1, -0.05) is 6.92 Å². The van der Waals surface area contributed by atoms with Crippen molar-refractivity contribution in [3.63, 3.8) is 0 Å². The zero-order valence-corrected chi connectivity index (χ0v) is 15.6. The van der Waals surface area contributed by atoms with Gasteiger partial charge in [0.05, 0.1) is 25.3 Å². The van der Waals surface area contributed by atoms with Crippen LogP contribution in [-0.4, -0.2) is 85.7 Å². The van der Waals surface area contributed by atoms with Gasteiger partial charge in [0.2, 0.25) is 11.8 Å². The number of carbonyl (C=O) groups is 2. The number of nitrogens with zero attached hydrogens (tertiary/aromatic N) is 3. The van der Waals surface area contributed by atoms with Crippen molar-refractivity contribution < 1.29 is 9.59 Å². The van der Waals surface area contributed by atoms with Crippen molar-refractivity contribution >= 4 is 11.8 Å². The van der Waals surface area contributed by atoms with Crippen LogP contribution < -0.4 is 10.6 Å². The maximum absolute atomic E-state index is 13.0. The molecule has 1 aliphatic carbocycles. The maximum Gasteiger partial charge on any atom is 0.235 e. The van der Waals surface area contributed by atoms with Crippen LogP contribution in [0.2, 0.25) is 0 Å². The molecule has 3 fully saturated rings. The van der Waals surface area contributed by atoms with E-state index in [0.717, 1.165) is 26.2 Å². The first-order valence-corrected chi connectivity index (χ1v) is 8.95. The Morgan fingerprint density at radius 1 is 1.42 bits per heavy atom. The molecule has 7 heteroatoms. The Balaban J connectivity index is 1.86. The molecule has 3 aliphatic rings. The van der Waals surface area contributed by atoms with E-state index < -0.39 is 0 Å². The minimum Gasteiger partial charge on any atom is -0.342 e. The largest absolute Gasteiger partial charge is 0.342 e. The third-order valence-electron chi connectivity index (χ3n) is 6.41. The van der Waals surface area contributed by atoms with Gasteiger partial charge >= 0.3 is 0 Å². The second-order valence-electron chi connectivity index (χ2n) is 7.97. The van der Waals surface area contributed by atoms with Crippen molar-refractivity contribution in [1.82, 2.24) is 25.3 Å². The van der Waals surface area contributed by atoms with Crippen LogP contribution in [0.15, 0.2) is 0 Å². The van der Waals surface area contributed by atoms with Gasteiger partial charge in [0, 0.05) is 30.6 Å². The molecule has 4 atom stereocenters. The lowest BCUT2D eigenvalue weighted by Gasteiger charge is -2.55. The fourth-order valence-electron chi connectivity index (χ4n) is 5.36. The highest BCUT2D eigenvalue weighted by Gasteiger charge is 2.78. The Bertz CT molecular complexity index is 541. The number of carbonyl (C=O) groups excluding carboxylic acids is 2. The number of hydrogen-bond acceptors (Lipinski definition) is 5. The summed E-state index contributed by atoms with van der Waals surface area (Å²) in [5.74, 6) is 0.327. The highest BCUT2D eigenvalue weighted by atomic mass is 16.2. The normalized spacial score (nSPS) is 39.4. The van der Waals surface area contributed by atoms with E-state index in [0.29, 0.717) is 19.1 Å². The molecule has 0 radical (unpaired) electrons. The van der Waals surface area contributed by atoms with Crippen LogP contribution in [0, 0.1) is 10.8 Å². The van der Waals surface area contributed by atoms with Crippen LogP contribution >= 0.6 is 0 Å². The van der Waals surface area contributed by atoms with Gasteiger partial charge in [-0.3, -0.25) is 19.4 Å². The molecule has 0 aromatic rings. The third kappa shape index (κ3) is 2.36. The lowest BCUT2D eigenvalue weighted by Crippen LogP contribution is -2.69. The van der Waals surface area contributed by atoms with Gasteiger partial charge in [-0.05, 0) is 34.4 Å². The summed E-state index contributed by atoms with van der Waals surface area (Å²) in [6.45, 7) is 9.62. The molecule has 1 saturated carbocycles. The van der Waals surface area contributed by atoms with Gasteiger partial charge in [-0.15, -0.1) is 0 Å². The smallest absolute Gasteiger partial charge is 0.235 e. The molecule has 2 N–H and O–H groups in total. The molecular weight excluding hydrogens is 306 g/mol. The second kappa shape index (κ2) is 5.97. The van der Waals surface area contributed by atoms with Gasteiger partial charge in [0.25, 0.3) is 0 Å². The van der Waals surface area contributed by atoms with Gasteiger partial charge < -0.3 is 15.5 Å². The lowest BCUT2D eigenvalue weighted by atomic mass is 9.76. The van der Waals surface area contributed by atoms with E-state index in [1.165, 1.54) is 0 Å². The van der Waals surface area contributed by atoms with E-state index in [9.17, 15) is 9.59 Å².